The normalized spacial score (nSPS) is 10.4. The topological polar surface area (TPSA) is 38.3 Å². The number of rotatable bonds is 6. The van der Waals surface area contributed by atoms with Gasteiger partial charge in [0.15, 0.2) is 0 Å². The lowest BCUT2D eigenvalue weighted by molar-refractivity contribution is -0.118. The lowest BCUT2D eigenvalue weighted by Gasteiger charge is -2.11. The zero-order valence-electron chi connectivity index (χ0n) is 14.1. The van der Waals surface area contributed by atoms with Gasteiger partial charge in [0.25, 0.3) is 0 Å². The van der Waals surface area contributed by atoms with Crippen molar-refractivity contribution < 1.29 is 9.53 Å². The third-order valence-electron chi connectivity index (χ3n) is 3.60. The summed E-state index contributed by atoms with van der Waals surface area (Å²) in [4.78, 5) is 13.2. The van der Waals surface area contributed by atoms with E-state index in [0.717, 1.165) is 11.3 Å². The van der Waals surface area contributed by atoms with Gasteiger partial charge in [0, 0.05) is 11.4 Å². The molecule has 2 rings (SSSR count). The zero-order valence-corrected chi connectivity index (χ0v) is 14.9. The summed E-state index contributed by atoms with van der Waals surface area (Å²) in [5.74, 6) is 1.30. The summed E-state index contributed by atoms with van der Waals surface area (Å²) in [6.45, 7) is 6.82. The second-order valence-corrected chi connectivity index (χ2v) is 6.63. The molecule has 0 spiro atoms. The largest absolute Gasteiger partial charge is 0.497 e. The molecule has 0 unspecified atom stereocenters. The number of benzene rings is 2. The van der Waals surface area contributed by atoms with E-state index in [1.807, 2.05) is 24.3 Å². The van der Waals surface area contributed by atoms with Crippen molar-refractivity contribution in [2.24, 2.45) is 0 Å². The van der Waals surface area contributed by atoms with Crippen LogP contribution in [-0.4, -0.2) is 18.8 Å². The van der Waals surface area contributed by atoms with Crippen LogP contribution in [-0.2, 0) is 11.3 Å². The highest BCUT2D eigenvalue weighted by molar-refractivity contribution is 8.00. The fourth-order valence-electron chi connectivity index (χ4n) is 2.53. The van der Waals surface area contributed by atoms with Gasteiger partial charge in [-0.1, -0.05) is 29.8 Å². The Morgan fingerprint density at radius 3 is 2.26 bits per heavy atom. The first-order chi connectivity index (χ1) is 11.0. The van der Waals surface area contributed by atoms with E-state index in [-0.39, 0.29) is 5.91 Å². The van der Waals surface area contributed by atoms with E-state index in [1.165, 1.54) is 21.6 Å². The van der Waals surface area contributed by atoms with Crippen LogP contribution >= 0.6 is 11.8 Å². The maximum absolute atomic E-state index is 12.0. The SMILES string of the molecule is COc1ccc(CNC(=O)CSc2c(C)cc(C)cc2C)cc1. The Morgan fingerprint density at radius 2 is 1.70 bits per heavy atom. The fraction of sp³-hybridized carbons (Fsp3) is 0.316. The summed E-state index contributed by atoms with van der Waals surface area (Å²) < 4.78 is 5.12. The number of hydrogen-bond donors (Lipinski definition) is 1. The molecule has 0 saturated carbocycles. The Morgan fingerprint density at radius 1 is 1.09 bits per heavy atom. The number of nitrogens with one attached hydrogen (secondary N) is 1. The quantitative estimate of drug-likeness (QED) is 0.813. The molecule has 0 fully saturated rings. The first-order valence-corrected chi connectivity index (χ1v) is 8.58. The van der Waals surface area contributed by atoms with Crippen LogP contribution in [0.1, 0.15) is 22.3 Å². The molecular formula is C19H23NO2S. The lowest BCUT2D eigenvalue weighted by Crippen LogP contribution is -2.24. The molecule has 0 aromatic heterocycles. The van der Waals surface area contributed by atoms with E-state index in [9.17, 15) is 4.79 Å². The number of amides is 1. The van der Waals surface area contributed by atoms with Gasteiger partial charge in [-0.2, -0.15) is 0 Å². The maximum atomic E-state index is 12.0. The standard InChI is InChI=1S/C19H23NO2S/c1-13-9-14(2)19(15(3)10-13)23-12-18(21)20-11-16-5-7-17(22-4)8-6-16/h5-10H,11-12H2,1-4H3,(H,20,21). The molecule has 0 radical (unpaired) electrons. The smallest absolute Gasteiger partial charge is 0.230 e. The van der Waals surface area contributed by atoms with Gasteiger partial charge in [0.1, 0.15) is 5.75 Å². The van der Waals surface area contributed by atoms with Gasteiger partial charge in [-0.05, 0) is 49.6 Å². The van der Waals surface area contributed by atoms with E-state index in [1.54, 1.807) is 18.9 Å². The number of aryl methyl sites for hydroxylation is 3. The predicted octanol–water partition coefficient (Wildman–Crippen LogP) is 4.03. The van der Waals surface area contributed by atoms with Gasteiger partial charge in [-0.25, -0.2) is 0 Å². The Bertz CT molecular complexity index is 657. The molecule has 0 aliphatic rings. The molecule has 0 bridgehead atoms. The van der Waals surface area contributed by atoms with Gasteiger partial charge in [-0.3, -0.25) is 4.79 Å². The molecule has 23 heavy (non-hydrogen) atoms. The molecule has 3 nitrogen and oxygen atoms in total. The van der Waals surface area contributed by atoms with Crippen molar-refractivity contribution in [1.29, 1.82) is 0 Å². The third kappa shape index (κ3) is 5.03. The van der Waals surface area contributed by atoms with Crippen LogP contribution in [0.4, 0.5) is 0 Å². The van der Waals surface area contributed by atoms with Gasteiger partial charge in [0.05, 0.1) is 12.9 Å². The van der Waals surface area contributed by atoms with Crippen LogP contribution in [0, 0.1) is 20.8 Å². The maximum Gasteiger partial charge on any atom is 0.230 e. The fourth-order valence-corrected chi connectivity index (χ4v) is 3.48. The van der Waals surface area contributed by atoms with Crippen molar-refractivity contribution >= 4 is 17.7 Å². The van der Waals surface area contributed by atoms with Crippen LogP contribution in [0.5, 0.6) is 5.75 Å². The molecule has 0 aliphatic heterocycles. The number of carbonyl (C=O) groups excluding carboxylic acids is 1. The average molecular weight is 329 g/mol. The zero-order chi connectivity index (χ0) is 16.8. The molecular weight excluding hydrogens is 306 g/mol. The number of hydrogen-bond acceptors (Lipinski definition) is 3. The van der Waals surface area contributed by atoms with Crippen LogP contribution < -0.4 is 10.1 Å². The van der Waals surface area contributed by atoms with Crippen molar-refractivity contribution in [2.75, 3.05) is 12.9 Å². The summed E-state index contributed by atoms with van der Waals surface area (Å²) >= 11 is 1.60. The van der Waals surface area contributed by atoms with Crippen LogP contribution in [0.25, 0.3) is 0 Å². The van der Waals surface area contributed by atoms with Gasteiger partial charge in [-0.15, -0.1) is 11.8 Å². The Hall–Kier alpha value is -1.94. The number of carbonyl (C=O) groups is 1. The molecule has 0 saturated heterocycles. The predicted molar refractivity (Wildman–Crippen MR) is 96.2 cm³/mol. The summed E-state index contributed by atoms with van der Waals surface area (Å²) in [7, 11) is 1.64. The number of methoxy groups -OCH3 is 1. The minimum absolute atomic E-state index is 0.0465. The second kappa shape index (κ2) is 8.06. The van der Waals surface area contributed by atoms with Crippen LogP contribution in [0.2, 0.25) is 0 Å². The number of thioether (sulfide) groups is 1. The second-order valence-electron chi connectivity index (χ2n) is 5.64. The van der Waals surface area contributed by atoms with Crippen LogP contribution in [0.3, 0.4) is 0 Å². The van der Waals surface area contributed by atoms with Crippen molar-refractivity contribution in [2.45, 2.75) is 32.2 Å². The van der Waals surface area contributed by atoms with Gasteiger partial charge < -0.3 is 10.1 Å². The van der Waals surface area contributed by atoms with Gasteiger partial charge >= 0.3 is 0 Å². The first-order valence-electron chi connectivity index (χ1n) is 7.60. The van der Waals surface area contributed by atoms with E-state index >= 15 is 0 Å². The van der Waals surface area contributed by atoms with Gasteiger partial charge in [0.2, 0.25) is 5.91 Å². The molecule has 0 heterocycles. The highest BCUT2D eigenvalue weighted by atomic mass is 32.2. The number of ether oxygens (including phenoxy) is 1. The van der Waals surface area contributed by atoms with E-state index in [4.69, 9.17) is 4.74 Å². The lowest BCUT2D eigenvalue weighted by atomic mass is 10.1. The Kier molecular flexibility index (Phi) is 6.11. The highest BCUT2D eigenvalue weighted by Crippen LogP contribution is 2.27. The van der Waals surface area contributed by atoms with Crippen molar-refractivity contribution in [3.63, 3.8) is 0 Å². The van der Waals surface area contributed by atoms with Crippen molar-refractivity contribution in [1.82, 2.24) is 5.32 Å². The molecule has 2 aromatic carbocycles. The van der Waals surface area contributed by atoms with Crippen molar-refractivity contribution in [3.8, 4) is 5.75 Å². The third-order valence-corrected chi connectivity index (χ3v) is 4.94. The van der Waals surface area contributed by atoms with E-state index in [2.05, 4.69) is 38.2 Å². The monoisotopic (exact) mass is 329 g/mol. The first kappa shape index (κ1) is 17.4. The molecule has 0 aliphatic carbocycles. The van der Waals surface area contributed by atoms with Crippen molar-refractivity contribution in [3.05, 3.63) is 58.7 Å². The average Bonchev–Trinajstić information content (AvgIpc) is 2.52. The summed E-state index contributed by atoms with van der Waals surface area (Å²) in [6, 6.07) is 12.0. The highest BCUT2D eigenvalue weighted by Gasteiger charge is 2.08. The Labute approximate surface area is 142 Å². The molecule has 4 heteroatoms. The molecule has 1 N–H and O–H groups in total. The van der Waals surface area contributed by atoms with E-state index in [0.29, 0.717) is 12.3 Å². The summed E-state index contributed by atoms with van der Waals surface area (Å²) in [5, 5.41) is 2.96. The Balaban J connectivity index is 1.85. The minimum Gasteiger partial charge on any atom is -0.497 e. The molecule has 122 valence electrons. The molecule has 1 amide bonds. The molecule has 2 aromatic rings. The minimum atomic E-state index is 0.0465. The summed E-state index contributed by atoms with van der Waals surface area (Å²) in [6.07, 6.45) is 0. The van der Waals surface area contributed by atoms with Crippen LogP contribution in [0.15, 0.2) is 41.3 Å². The van der Waals surface area contributed by atoms with E-state index < -0.39 is 0 Å². The summed E-state index contributed by atoms with van der Waals surface area (Å²) in [5.41, 5.74) is 4.78. The molecule has 0 atom stereocenters.